The van der Waals surface area contributed by atoms with Gasteiger partial charge >= 0.3 is 6.18 Å². The first-order valence-corrected chi connectivity index (χ1v) is 6.69. The lowest BCUT2D eigenvalue weighted by Crippen LogP contribution is -2.18. The lowest BCUT2D eigenvalue weighted by molar-refractivity contribution is -0.137. The number of hydrazine groups is 1. The molecule has 0 spiro atoms. The predicted molar refractivity (Wildman–Crippen MR) is 74.3 cm³/mol. The molecule has 0 saturated carbocycles. The summed E-state index contributed by atoms with van der Waals surface area (Å²) in [5, 5.41) is 2.98. The van der Waals surface area contributed by atoms with Crippen LogP contribution in [0.1, 0.15) is 45.1 Å². The second-order valence-corrected chi connectivity index (χ2v) is 4.81. The minimum absolute atomic E-state index is 0.0110. The quantitative estimate of drug-likeness (QED) is 0.406. The molecule has 0 aliphatic rings. The lowest BCUT2D eigenvalue weighted by atomic mass is 10.1. The molecule has 1 atom stereocenters. The van der Waals surface area contributed by atoms with Crippen molar-refractivity contribution < 1.29 is 13.2 Å². The highest BCUT2D eigenvalue weighted by atomic mass is 19.4. The van der Waals surface area contributed by atoms with E-state index in [1.54, 1.807) is 0 Å². The summed E-state index contributed by atoms with van der Waals surface area (Å²) in [4.78, 5) is 3.99. The van der Waals surface area contributed by atoms with Crippen LogP contribution in [0.5, 0.6) is 0 Å². The van der Waals surface area contributed by atoms with Crippen molar-refractivity contribution in [2.45, 2.75) is 51.7 Å². The topological polar surface area (TPSA) is 63.0 Å². The van der Waals surface area contributed by atoms with Crippen molar-refractivity contribution in [2.24, 2.45) is 5.84 Å². The average Bonchev–Trinajstić information content (AvgIpc) is 2.37. The molecule has 1 aromatic heterocycles. The number of unbranched alkanes of at least 4 members (excludes halogenated alkanes) is 2. The molecule has 0 bridgehead atoms. The molecule has 4 nitrogen and oxygen atoms in total. The van der Waals surface area contributed by atoms with Gasteiger partial charge in [-0.3, -0.25) is 0 Å². The number of nitrogens with two attached hydrogens (primary N) is 1. The van der Waals surface area contributed by atoms with E-state index in [1.165, 1.54) is 0 Å². The molecule has 0 aliphatic carbocycles. The minimum Gasteiger partial charge on any atom is -0.368 e. The third kappa shape index (κ3) is 5.24. The van der Waals surface area contributed by atoms with E-state index in [-0.39, 0.29) is 17.7 Å². The molecule has 1 aromatic rings. The molecule has 7 heteroatoms. The van der Waals surface area contributed by atoms with Gasteiger partial charge in [-0.15, -0.1) is 0 Å². The number of alkyl halides is 3. The van der Waals surface area contributed by atoms with Gasteiger partial charge in [-0.2, -0.15) is 13.2 Å². The van der Waals surface area contributed by atoms with E-state index in [4.69, 9.17) is 5.84 Å². The lowest BCUT2D eigenvalue weighted by Gasteiger charge is -2.17. The Labute approximate surface area is 116 Å². The van der Waals surface area contributed by atoms with E-state index in [0.29, 0.717) is 0 Å². The zero-order valence-corrected chi connectivity index (χ0v) is 11.7. The molecule has 0 radical (unpaired) electrons. The number of nitrogens with one attached hydrogen (secondary N) is 2. The van der Waals surface area contributed by atoms with Crippen LogP contribution in [0.2, 0.25) is 0 Å². The summed E-state index contributed by atoms with van der Waals surface area (Å²) in [6.07, 6.45) is -0.285. The molecular weight excluding hydrogens is 269 g/mol. The van der Waals surface area contributed by atoms with Gasteiger partial charge in [0, 0.05) is 6.04 Å². The molecule has 1 heterocycles. The highest BCUT2D eigenvalue weighted by molar-refractivity contribution is 5.49. The van der Waals surface area contributed by atoms with Gasteiger partial charge in [0.25, 0.3) is 0 Å². The van der Waals surface area contributed by atoms with Crippen LogP contribution in [0.15, 0.2) is 12.1 Å². The Kier molecular flexibility index (Phi) is 6.06. The Hall–Kier alpha value is -1.50. The van der Waals surface area contributed by atoms with E-state index in [9.17, 15) is 13.2 Å². The van der Waals surface area contributed by atoms with Crippen LogP contribution < -0.4 is 16.6 Å². The Morgan fingerprint density at radius 3 is 2.45 bits per heavy atom. The van der Waals surface area contributed by atoms with Gasteiger partial charge in [-0.1, -0.05) is 26.2 Å². The van der Waals surface area contributed by atoms with Crippen molar-refractivity contribution in [3.05, 3.63) is 17.7 Å². The molecule has 0 amide bonds. The van der Waals surface area contributed by atoms with Gasteiger partial charge in [0.1, 0.15) is 11.6 Å². The SMILES string of the molecule is CCCCCC(C)Nc1cc(C(F)(F)F)cc(NN)n1. The van der Waals surface area contributed by atoms with Gasteiger partial charge in [0.05, 0.1) is 5.56 Å². The van der Waals surface area contributed by atoms with E-state index < -0.39 is 11.7 Å². The van der Waals surface area contributed by atoms with Crippen LogP contribution in [-0.2, 0) is 6.18 Å². The Morgan fingerprint density at radius 1 is 1.25 bits per heavy atom. The van der Waals surface area contributed by atoms with Crippen LogP contribution in [0, 0.1) is 0 Å². The maximum absolute atomic E-state index is 12.7. The summed E-state index contributed by atoms with van der Waals surface area (Å²) in [6.45, 7) is 4.03. The Morgan fingerprint density at radius 2 is 1.90 bits per heavy atom. The third-order valence-corrected chi connectivity index (χ3v) is 2.94. The third-order valence-electron chi connectivity index (χ3n) is 2.94. The van der Waals surface area contributed by atoms with Crippen molar-refractivity contribution in [2.75, 3.05) is 10.7 Å². The fraction of sp³-hybridized carbons (Fsp3) is 0.615. The minimum atomic E-state index is -4.42. The average molecular weight is 290 g/mol. The van der Waals surface area contributed by atoms with Gasteiger partial charge in [-0.25, -0.2) is 10.8 Å². The van der Waals surface area contributed by atoms with Crippen LogP contribution >= 0.6 is 0 Å². The van der Waals surface area contributed by atoms with E-state index >= 15 is 0 Å². The molecule has 1 unspecified atom stereocenters. The molecule has 0 aliphatic heterocycles. The monoisotopic (exact) mass is 290 g/mol. The van der Waals surface area contributed by atoms with Crippen LogP contribution in [0.3, 0.4) is 0 Å². The number of hydrogen-bond acceptors (Lipinski definition) is 4. The van der Waals surface area contributed by atoms with Gasteiger partial charge in [-0.05, 0) is 25.5 Å². The highest BCUT2D eigenvalue weighted by Crippen LogP contribution is 2.32. The normalized spacial score (nSPS) is 13.1. The van der Waals surface area contributed by atoms with E-state index in [1.807, 2.05) is 6.92 Å². The number of rotatable bonds is 7. The molecule has 0 aromatic carbocycles. The predicted octanol–water partition coefficient (Wildman–Crippen LogP) is 3.77. The van der Waals surface area contributed by atoms with Crippen molar-refractivity contribution in [3.63, 3.8) is 0 Å². The largest absolute Gasteiger partial charge is 0.416 e. The van der Waals surface area contributed by atoms with Crippen LogP contribution in [0.4, 0.5) is 24.8 Å². The van der Waals surface area contributed by atoms with Gasteiger partial charge < -0.3 is 10.7 Å². The summed E-state index contributed by atoms with van der Waals surface area (Å²) in [7, 11) is 0. The first-order valence-electron chi connectivity index (χ1n) is 6.69. The second kappa shape index (κ2) is 7.33. The Balaban J connectivity index is 2.78. The molecule has 0 saturated heterocycles. The first-order chi connectivity index (χ1) is 9.36. The maximum atomic E-state index is 12.7. The maximum Gasteiger partial charge on any atom is 0.416 e. The van der Waals surface area contributed by atoms with Crippen molar-refractivity contribution >= 4 is 11.6 Å². The molecule has 1 rings (SSSR count). The number of aromatic nitrogens is 1. The highest BCUT2D eigenvalue weighted by Gasteiger charge is 2.31. The fourth-order valence-corrected chi connectivity index (χ4v) is 1.87. The molecular formula is C13H21F3N4. The van der Waals surface area contributed by atoms with Crippen LogP contribution in [0.25, 0.3) is 0 Å². The summed E-state index contributed by atoms with van der Waals surface area (Å²) in [5.74, 6) is 5.32. The molecule has 0 fully saturated rings. The van der Waals surface area contributed by atoms with Crippen molar-refractivity contribution in [3.8, 4) is 0 Å². The van der Waals surface area contributed by atoms with Gasteiger partial charge in [0.15, 0.2) is 0 Å². The summed E-state index contributed by atoms with van der Waals surface area (Å²) < 4.78 is 38.2. The first kappa shape index (κ1) is 16.6. The number of pyridine rings is 1. The molecule has 4 N–H and O–H groups in total. The standard InChI is InChI=1S/C13H21F3N4/c1-3-4-5-6-9(2)18-11-7-10(13(14,15)16)8-12(19-11)20-17/h7-9H,3-6,17H2,1-2H3,(H2,18,19,20). The molecule has 20 heavy (non-hydrogen) atoms. The molecule has 114 valence electrons. The zero-order valence-electron chi connectivity index (χ0n) is 11.7. The number of hydrogen-bond donors (Lipinski definition) is 3. The van der Waals surface area contributed by atoms with E-state index in [2.05, 4.69) is 22.7 Å². The van der Waals surface area contributed by atoms with Crippen molar-refractivity contribution in [1.29, 1.82) is 0 Å². The second-order valence-electron chi connectivity index (χ2n) is 4.81. The fourth-order valence-electron chi connectivity index (χ4n) is 1.87. The van der Waals surface area contributed by atoms with E-state index in [0.717, 1.165) is 37.8 Å². The van der Waals surface area contributed by atoms with Crippen molar-refractivity contribution in [1.82, 2.24) is 4.98 Å². The Bertz CT molecular complexity index is 421. The number of nitrogen functional groups attached to an aromatic ring is 1. The summed E-state index contributed by atoms with van der Waals surface area (Å²) in [5.41, 5.74) is 1.38. The summed E-state index contributed by atoms with van der Waals surface area (Å²) >= 11 is 0. The smallest absolute Gasteiger partial charge is 0.368 e. The van der Waals surface area contributed by atoms with Crippen LogP contribution in [-0.4, -0.2) is 11.0 Å². The number of halogens is 3. The summed E-state index contributed by atoms with van der Waals surface area (Å²) in [6, 6.07) is 1.94. The van der Waals surface area contributed by atoms with Gasteiger partial charge in [0.2, 0.25) is 0 Å². The zero-order chi connectivity index (χ0) is 15.2. The number of nitrogens with zero attached hydrogens (tertiary/aromatic N) is 1. The number of anilines is 2.